The van der Waals surface area contributed by atoms with Gasteiger partial charge in [-0.3, -0.25) is 4.98 Å². The second-order valence-corrected chi connectivity index (χ2v) is 4.36. The van der Waals surface area contributed by atoms with Crippen LogP contribution in [0.4, 0.5) is 0 Å². The summed E-state index contributed by atoms with van der Waals surface area (Å²) >= 11 is 0. The van der Waals surface area contributed by atoms with Gasteiger partial charge in [-0.25, -0.2) is 0 Å². The minimum absolute atomic E-state index is 0.225. The Morgan fingerprint density at radius 1 is 1.10 bits per heavy atom. The highest BCUT2D eigenvalue weighted by Gasteiger charge is 1.97. The molecule has 1 aromatic heterocycles. The minimum Gasteiger partial charge on any atom is -0.466 e. The van der Waals surface area contributed by atoms with Crippen LogP contribution in [-0.2, 0) is 17.9 Å². The average Bonchev–Trinajstić information content (AvgIpc) is 2.52. The van der Waals surface area contributed by atoms with Crippen LogP contribution in [0.5, 0.6) is 5.75 Å². The van der Waals surface area contributed by atoms with Gasteiger partial charge in [-0.1, -0.05) is 37.3 Å². The van der Waals surface area contributed by atoms with E-state index in [1.807, 2.05) is 42.5 Å². The van der Waals surface area contributed by atoms with Crippen molar-refractivity contribution in [3.05, 3.63) is 59.9 Å². The molecule has 0 atom stereocenters. The smallest absolute Gasteiger partial charge is 0.189 e. The molecule has 1 aromatic carbocycles. The van der Waals surface area contributed by atoms with Crippen molar-refractivity contribution < 1.29 is 9.47 Å². The highest BCUT2D eigenvalue weighted by molar-refractivity contribution is 5.19. The number of hydrogen-bond acceptors (Lipinski definition) is 4. The fraction of sp³-hybridized carbons (Fsp3) is 0.312. The predicted octanol–water partition coefficient (Wildman–Crippen LogP) is 2.74. The van der Waals surface area contributed by atoms with Crippen LogP contribution in [0.3, 0.4) is 0 Å². The maximum absolute atomic E-state index is 5.48. The highest BCUT2D eigenvalue weighted by atomic mass is 16.7. The van der Waals surface area contributed by atoms with Crippen molar-refractivity contribution in [2.75, 3.05) is 13.3 Å². The molecule has 2 aromatic rings. The third-order valence-corrected chi connectivity index (χ3v) is 2.77. The van der Waals surface area contributed by atoms with E-state index in [4.69, 9.17) is 9.47 Å². The number of aromatic nitrogens is 1. The Kier molecular flexibility index (Phi) is 6.02. The van der Waals surface area contributed by atoms with Crippen molar-refractivity contribution in [1.82, 2.24) is 10.3 Å². The third kappa shape index (κ3) is 4.99. The lowest BCUT2D eigenvalue weighted by Crippen LogP contribution is -2.12. The molecule has 0 aliphatic carbocycles. The number of nitrogens with zero attached hydrogens (tertiary/aromatic N) is 1. The monoisotopic (exact) mass is 272 g/mol. The zero-order chi connectivity index (χ0) is 14.0. The van der Waals surface area contributed by atoms with E-state index in [9.17, 15) is 0 Å². The van der Waals surface area contributed by atoms with Gasteiger partial charge in [-0.05, 0) is 24.2 Å². The third-order valence-electron chi connectivity index (χ3n) is 2.77. The van der Waals surface area contributed by atoms with E-state index in [2.05, 4.69) is 17.2 Å². The topological polar surface area (TPSA) is 43.4 Å². The van der Waals surface area contributed by atoms with Crippen LogP contribution >= 0.6 is 0 Å². The molecule has 0 fully saturated rings. The maximum atomic E-state index is 5.48. The largest absolute Gasteiger partial charge is 0.466 e. The van der Waals surface area contributed by atoms with Crippen LogP contribution in [0.15, 0.2) is 48.7 Å². The normalized spacial score (nSPS) is 10.4. The summed E-state index contributed by atoms with van der Waals surface area (Å²) in [7, 11) is 0. The van der Waals surface area contributed by atoms with E-state index in [0.717, 1.165) is 30.1 Å². The van der Waals surface area contributed by atoms with Crippen LogP contribution in [0, 0.1) is 0 Å². The van der Waals surface area contributed by atoms with Crippen LogP contribution < -0.4 is 10.1 Å². The molecular formula is C16H20N2O2. The van der Waals surface area contributed by atoms with Gasteiger partial charge in [0.2, 0.25) is 0 Å². The molecule has 0 radical (unpaired) electrons. The van der Waals surface area contributed by atoms with Crippen LogP contribution in [-0.4, -0.2) is 18.3 Å². The zero-order valence-corrected chi connectivity index (χ0v) is 11.7. The minimum atomic E-state index is 0.225. The molecule has 0 saturated heterocycles. The highest BCUT2D eigenvalue weighted by Crippen LogP contribution is 2.09. The van der Waals surface area contributed by atoms with Gasteiger partial charge in [0.25, 0.3) is 0 Å². The van der Waals surface area contributed by atoms with Gasteiger partial charge in [-0.2, -0.15) is 0 Å². The zero-order valence-electron chi connectivity index (χ0n) is 11.7. The van der Waals surface area contributed by atoms with Crippen molar-refractivity contribution in [3.8, 4) is 5.75 Å². The fourth-order valence-corrected chi connectivity index (χ4v) is 1.70. The van der Waals surface area contributed by atoms with Gasteiger partial charge >= 0.3 is 0 Å². The molecule has 0 saturated carbocycles. The Labute approximate surface area is 119 Å². The number of ether oxygens (including phenoxy) is 2. The standard InChI is InChI=1S/C16H20N2O2/c1-2-17-10-15-8-9-16(11-18-15)20-13-19-12-14-6-4-3-5-7-14/h3-9,11,17H,2,10,12-13H2,1H3. The van der Waals surface area contributed by atoms with Crippen molar-refractivity contribution in [2.24, 2.45) is 0 Å². The molecule has 4 nitrogen and oxygen atoms in total. The van der Waals surface area contributed by atoms with Crippen molar-refractivity contribution in [2.45, 2.75) is 20.1 Å². The fourth-order valence-electron chi connectivity index (χ4n) is 1.70. The summed E-state index contributed by atoms with van der Waals surface area (Å²) in [6.07, 6.45) is 1.72. The Hall–Kier alpha value is -1.91. The van der Waals surface area contributed by atoms with Crippen molar-refractivity contribution >= 4 is 0 Å². The van der Waals surface area contributed by atoms with Gasteiger partial charge in [-0.15, -0.1) is 0 Å². The molecule has 1 heterocycles. The second kappa shape index (κ2) is 8.30. The van der Waals surface area contributed by atoms with Crippen LogP contribution in [0.1, 0.15) is 18.2 Å². The van der Waals surface area contributed by atoms with Gasteiger partial charge in [0.05, 0.1) is 18.5 Å². The lowest BCUT2D eigenvalue weighted by atomic mass is 10.2. The molecule has 4 heteroatoms. The predicted molar refractivity (Wildman–Crippen MR) is 78.3 cm³/mol. The Bertz CT molecular complexity index is 486. The van der Waals surface area contributed by atoms with E-state index in [1.54, 1.807) is 6.20 Å². The molecule has 0 aliphatic rings. The lowest BCUT2D eigenvalue weighted by molar-refractivity contribution is 0.00483. The van der Waals surface area contributed by atoms with E-state index in [-0.39, 0.29) is 6.79 Å². The second-order valence-electron chi connectivity index (χ2n) is 4.36. The summed E-state index contributed by atoms with van der Waals surface area (Å²) in [6, 6.07) is 13.9. The molecule has 0 aliphatic heterocycles. The quantitative estimate of drug-likeness (QED) is 0.593. The lowest BCUT2D eigenvalue weighted by Gasteiger charge is -2.08. The molecular weight excluding hydrogens is 252 g/mol. The molecule has 1 N–H and O–H groups in total. The first kappa shape index (κ1) is 14.5. The molecule has 0 bridgehead atoms. The van der Waals surface area contributed by atoms with Crippen molar-refractivity contribution in [1.29, 1.82) is 0 Å². The van der Waals surface area contributed by atoms with E-state index in [1.165, 1.54) is 0 Å². The average molecular weight is 272 g/mol. The SMILES string of the molecule is CCNCc1ccc(OCOCc2ccccc2)cn1. The summed E-state index contributed by atoms with van der Waals surface area (Å²) in [4.78, 5) is 4.31. The Morgan fingerprint density at radius 3 is 2.65 bits per heavy atom. The number of benzene rings is 1. The van der Waals surface area contributed by atoms with Gasteiger partial charge < -0.3 is 14.8 Å². The first-order valence-electron chi connectivity index (χ1n) is 6.78. The first-order chi connectivity index (χ1) is 9.88. The molecule has 0 unspecified atom stereocenters. The summed E-state index contributed by atoms with van der Waals surface area (Å²) in [5.74, 6) is 0.721. The van der Waals surface area contributed by atoms with Crippen LogP contribution in [0.25, 0.3) is 0 Å². The van der Waals surface area contributed by atoms with Gasteiger partial charge in [0, 0.05) is 6.54 Å². The summed E-state index contributed by atoms with van der Waals surface area (Å²) < 4.78 is 10.9. The molecule has 2 rings (SSSR count). The molecule has 0 amide bonds. The summed E-state index contributed by atoms with van der Waals surface area (Å²) in [5, 5.41) is 3.23. The number of nitrogens with one attached hydrogen (secondary N) is 1. The van der Waals surface area contributed by atoms with E-state index < -0.39 is 0 Å². The van der Waals surface area contributed by atoms with Crippen molar-refractivity contribution in [3.63, 3.8) is 0 Å². The molecule has 0 spiro atoms. The maximum Gasteiger partial charge on any atom is 0.189 e. The van der Waals surface area contributed by atoms with Crippen LogP contribution in [0.2, 0.25) is 0 Å². The number of pyridine rings is 1. The number of hydrogen-bond donors (Lipinski definition) is 1. The summed E-state index contributed by atoms with van der Waals surface area (Å²) in [5.41, 5.74) is 2.14. The molecule has 106 valence electrons. The Morgan fingerprint density at radius 2 is 1.95 bits per heavy atom. The first-order valence-corrected chi connectivity index (χ1v) is 6.78. The molecule has 20 heavy (non-hydrogen) atoms. The van der Waals surface area contributed by atoms with E-state index >= 15 is 0 Å². The van der Waals surface area contributed by atoms with E-state index in [0.29, 0.717) is 6.61 Å². The van der Waals surface area contributed by atoms with Gasteiger partial charge in [0.15, 0.2) is 6.79 Å². The number of rotatable bonds is 8. The van der Waals surface area contributed by atoms with Gasteiger partial charge in [0.1, 0.15) is 5.75 Å². The Balaban J connectivity index is 1.69. The summed E-state index contributed by atoms with van der Waals surface area (Å²) in [6.45, 7) is 4.56.